The van der Waals surface area contributed by atoms with Crippen LogP contribution in [-0.4, -0.2) is 0 Å². The van der Waals surface area contributed by atoms with E-state index >= 15 is 0 Å². The van der Waals surface area contributed by atoms with Crippen LogP contribution >= 0.6 is 0 Å². The molecule has 0 N–H and O–H groups in total. The Labute approximate surface area is 566 Å². The number of benzene rings is 5. The van der Waals surface area contributed by atoms with Gasteiger partial charge in [-0.3, -0.25) is 0 Å². The van der Waals surface area contributed by atoms with E-state index in [1.807, 2.05) is 36.9 Å². The molecule has 0 atom stereocenters. The average molecular weight is 1240 g/mol. The first kappa shape index (κ1) is 59.8. The summed E-state index contributed by atoms with van der Waals surface area (Å²) in [5.41, 5.74) is 39.2. The zero-order valence-corrected chi connectivity index (χ0v) is 58.7. The lowest BCUT2D eigenvalue weighted by molar-refractivity contribution is -0.661. The normalized spacial score (nSPS) is 15.5. The van der Waals surface area contributed by atoms with Gasteiger partial charge in [0.15, 0.2) is 31.0 Å². The maximum absolute atomic E-state index is 8.29. The minimum Gasteiger partial charge on any atom is -0.201 e. The van der Waals surface area contributed by atoms with Gasteiger partial charge < -0.3 is 0 Å². The van der Waals surface area contributed by atoms with E-state index in [-0.39, 0.29) is 0 Å². The van der Waals surface area contributed by atoms with E-state index in [1.54, 1.807) is 51.1 Å². The molecule has 5 aromatic carbocycles. The fourth-order valence-corrected chi connectivity index (χ4v) is 15.5. The highest BCUT2D eigenvalue weighted by Gasteiger charge is 2.27. The van der Waals surface area contributed by atoms with Gasteiger partial charge in [0.25, 0.3) is 0 Å². The molecule has 5 heterocycles. The molecule has 0 fully saturated rings. The molecule has 93 heavy (non-hydrogen) atoms. The Kier molecular flexibility index (Phi) is 18.9. The molecule has 0 saturated heterocycles. The first-order valence-electron chi connectivity index (χ1n) is 37.2. The predicted octanol–water partition coefficient (Wildman–Crippen LogP) is 17.6. The van der Waals surface area contributed by atoms with Crippen molar-refractivity contribution in [3.63, 3.8) is 0 Å². The molecule has 15 rings (SSSR count). The van der Waals surface area contributed by atoms with E-state index in [4.69, 9.17) is 6.85 Å². The van der Waals surface area contributed by atoms with E-state index in [0.29, 0.717) is 12.0 Å². The Morgan fingerprint density at radius 2 is 0.581 bits per heavy atom. The second-order valence-corrected chi connectivity index (χ2v) is 27.9. The standard InChI is InChI=1S/3C18H22N.2C17H20N/c2*1-13-8-9-17(14(2)10-13)18-11-15-6-4-5-7-16(15)12-19(18)3;1-13-8-9-16(14(2)12-13)18-17-7-5-4-6-15(17)10-11-19(18)3;1-12-7-8-16(13(2)9-12)17-10-14-5-4-6-15(14)11-18(17)3;1-12-7-8-15(13(2)11-12)17-16-6-4-5-14(16)9-10-18(17)3/h3*8-12H,4-7H2,1-3H3;2*7-11H,4-6H2,1-3H3/q5*+1/i1D3,6D2;;;;. The van der Waals surface area contributed by atoms with Gasteiger partial charge in [0.1, 0.15) is 35.2 Å². The summed E-state index contributed by atoms with van der Waals surface area (Å²) < 4.78 is 50.4. The highest BCUT2D eigenvalue weighted by atomic mass is 14.9. The molecule has 0 saturated carbocycles. The Bertz CT molecular complexity index is 4630. The van der Waals surface area contributed by atoms with Crippen molar-refractivity contribution in [2.24, 2.45) is 35.2 Å². The lowest BCUT2D eigenvalue weighted by Gasteiger charge is -2.18. The summed E-state index contributed by atoms with van der Waals surface area (Å²) in [5.74, 6) is 0. The molecule has 5 aliphatic carbocycles. The third kappa shape index (κ3) is 15.3. The van der Waals surface area contributed by atoms with Gasteiger partial charge in [-0.15, -0.1) is 0 Å². The van der Waals surface area contributed by atoms with Crippen LogP contribution in [0.1, 0.15) is 169 Å². The lowest BCUT2D eigenvalue weighted by atomic mass is 9.87. The smallest absolute Gasteiger partial charge is 0.201 e. The summed E-state index contributed by atoms with van der Waals surface area (Å²) in [4.78, 5) is 0. The van der Waals surface area contributed by atoms with Crippen LogP contribution in [-0.2, 0) is 99.4 Å². The van der Waals surface area contributed by atoms with Crippen LogP contribution in [0.2, 0.25) is 0 Å². The van der Waals surface area contributed by atoms with Crippen molar-refractivity contribution in [2.75, 3.05) is 0 Å². The van der Waals surface area contributed by atoms with Gasteiger partial charge in [-0.1, -0.05) is 88.5 Å². The Balaban J connectivity index is 0.000000124. The van der Waals surface area contributed by atoms with E-state index < -0.39 is 13.2 Å². The number of hydrogen-bond acceptors (Lipinski definition) is 0. The molecular formula is C88H106N5+5. The van der Waals surface area contributed by atoms with Crippen LogP contribution in [0, 0.1) is 69.2 Å². The number of aryl methyl sites for hydroxylation is 23. The van der Waals surface area contributed by atoms with Crippen molar-refractivity contribution in [2.45, 2.75) is 185 Å². The fourth-order valence-electron chi connectivity index (χ4n) is 15.5. The van der Waals surface area contributed by atoms with Crippen LogP contribution in [0.15, 0.2) is 152 Å². The van der Waals surface area contributed by atoms with Crippen molar-refractivity contribution in [3.8, 4) is 56.3 Å². The summed E-state index contributed by atoms with van der Waals surface area (Å²) in [6.45, 7) is 17.3. The average Bonchev–Trinajstić information content (AvgIpc) is 0.804. The van der Waals surface area contributed by atoms with Crippen molar-refractivity contribution in [3.05, 3.63) is 264 Å². The third-order valence-corrected chi connectivity index (χ3v) is 20.4. The maximum atomic E-state index is 8.29. The molecule has 5 aliphatic rings. The fraction of sp³-hybridized carbons (Fsp3) is 0.375. The second kappa shape index (κ2) is 29.4. The van der Waals surface area contributed by atoms with Crippen molar-refractivity contribution < 1.29 is 29.7 Å². The molecule has 5 nitrogen and oxygen atoms in total. The molecule has 478 valence electrons. The Hall–Kier alpha value is -8.15. The van der Waals surface area contributed by atoms with Crippen LogP contribution in [0.3, 0.4) is 0 Å². The van der Waals surface area contributed by atoms with Crippen molar-refractivity contribution in [1.82, 2.24) is 0 Å². The zero-order valence-electron chi connectivity index (χ0n) is 63.7. The molecule has 0 spiro atoms. The Morgan fingerprint density at radius 3 is 1.01 bits per heavy atom. The van der Waals surface area contributed by atoms with Gasteiger partial charge in [0, 0.05) is 92.8 Å². The molecule has 0 amide bonds. The van der Waals surface area contributed by atoms with E-state index in [9.17, 15) is 0 Å². The van der Waals surface area contributed by atoms with Gasteiger partial charge in [-0.25, -0.2) is 22.8 Å². The summed E-state index contributed by atoms with van der Waals surface area (Å²) in [5, 5.41) is 0. The number of fused-ring (bicyclic) bond motifs is 5. The lowest BCUT2D eigenvalue weighted by Crippen LogP contribution is -2.33. The minimum absolute atomic E-state index is 0.333. The number of nitrogens with zero attached hydrogens (tertiary/aromatic N) is 5. The molecule has 0 bridgehead atoms. The van der Waals surface area contributed by atoms with Crippen molar-refractivity contribution in [1.29, 1.82) is 0 Å². The molecule has 0 unspecified atom stereocenters. The molecular weight excluding hydrogens is 1130 g/mol. The van der Waals surface area contributed by atoms with Crippen LogP contribution in [0.25, 0.3) is 56.3 Å². The van der Waals surface area contributed by atoms with Gasteiger partial charge >= 0.3 is 0 Å². The first-order chi connectivity index (χ1) is 46.7. The molecule has 5 aromatic heterocycles. The molecule has 10 aromatic rings. The van der Waals surface area contributed by atoms with Gasteiger partial charge in [-0.05, 0) is 271 Å². The monoisotopic (exact) mass is 1240 g/mol. The quantitative estimate of drug-likeness (QED) is 0.153. The zero-order chi connectivity index (χ0) is 69.9. The second-order valence-electron chi connectivity index (χ2n) is 27.9. The van der Waals surface area contributed by atoms with Crippen LogP contribution in [0.4, 0.5) is 0 Å². The largest absolute Gasteiger partial charge is 0.216 e. The van der Waals surface area contributed by atoms with E-state index in [2.05, 4.69) is 224 Å². The first-order valence-corrected chi connectivity index (χ1v) is 34.7. The summed E-state index contributed by atoms with van der Waals surface area (Å²) in [6, 6.07) is 43.5. The Morgan fingerprint density at radius 1 is 0.280 bits per heavy atom. The molecule has 5 heteroatoms. The predicted molar refractivity (Wildman–Crippen MR) is 387 cm³/mol. The number of hydrogen-bond donors (Lipinski definition) is 0. The van der Waals surface area contributed by atoms with E-state index in [0.717, 1.165) is 40.8 Å². The SMILES string of the molecule is Cc1ccc(-c2c3c(cc[n+]2C)CCC3)c(C)c1.Cc1ccc(-c2c3c(cc[n+]2C)CCCC3)c(C)c1.Cc1ccc(-c2cc3c(c[n+]2C)CCC3)c(C)c1.Cc1ccc(-c2cc3c(c[n+]2C)CCCC3)c(C)c1.[2H]C([2H])([2H])c1ccc(-c2cc3c(c[n+]2C)CCCC3([2H])[2H])c(C)c1. The molecule has 0 radical (unpaired) electrons. The number of rotatable bonds is 5. The van der Waals surface area contributed by atoms with Gasteiger partial charge in [0.05, 0.1) is 0 Å². The minimum atomic E-state index is -2.11. The highest BCUT2D eigenvalue weighted by molar-refractivity contribution is 5.69. The molecule has 0 aliphatic heterocycles. The number of pyridine rings is 5. The van der Waals surface area contributed by atoms with Gasteiger partial charge in [-0.2, -0.15) is 0 Å². The summed E-state index contributed by atoms with van der Waals surface area (Å²) in [7, 11) is 10.6. The summed E-state index contributed by atoms with van der Waals surface area (Å²) in [6.07, 6.45) is 30.0. The van der Waals surface area contributed by atoms with Gasteiger partial charge in [0.2, 0.25) is 28.5 Å². The summed E-state index contributed by atoms with van der Waals surface area (Å²) >= 11 is 0. The van der Waals surface area contributed by atoms with E-state index in [1.165, 1.54) is 185 Å². The number of aromatic nitrogens is 5. The highest BCUT2D eigenvalue weighted by Crippen LogP contribution is 2.35. The van der Waals surface area contributed by atoms with Crippen LogP contribution in [0.5, 0.6) is 0 Å². The maximum Gasteiger partial charge on any atom is 0.216 e. The third-order valence-electron chi connectivity index (χ3n) is 20.4. The van der Waals surface area contributed by atoms with Crippen LogP contribution < -0.4 is 22.8 Å². The van der Waals surface area contributed by atoms with Crippen molar-refractivity contribution >= 4 is 0 Å². The topological polar surface area (TPSA) is 19.4 Å².